The molecule has 0 spiro atoms. The zero-order chi connectivity index (χ0) is 13.9. The van der Waals surface area contributed by atoms with Crippen molar-refractivity contribution in [1.29, 1.82) is 0 Å². The van der Waals surface area contributed by atoms with Crippen molar-refractivity contribution < 1.29 is 0 Å². The summed E-state index contributed by atoms with van der Waals surface area (Å²) in [5.41, 5.74) is 0. The minimum absolute atomic E-state index is 0.661. The first kappa shape index (κ1) is 14.3. The van der Waals surface area contributed by atoms with Crippen LogP contribution in [0.1, 0.15) is 38.0 Å². The van der Waals surface area contributed by atoms with Crippen LogP contribution in [0.2, 0.25) is 0 Å². The molecule has 2 unspecified atom stereocenters. The first-order chi connectivity index (χ1) is 9.76. The summed E-state index contributed by atoms with van der Waals surface area (Å²) in [5.74, 6) is 0. The van der Waals surface area contributed by atoms with Crippen molar-refractivity contribution in [2.45, 2.75) is 51.7 Å². The second-order valence-electron chi connectivity index (χ2n) is 6.09. The Morgan fingerprint density at radius 3 is 3.15 bits per heavy atom. The van der Waals surface area contributed by atoms with Gasteiger partial charge in [-0.15, -0.1) is 11.3 Å². The summed E-state index contributed by atoms with van der Waals surface area (Å²) in [7, 11) is 0. The standard InChI is InChI=1S/C15H26N4S/c1-3-16-15-17-8-14(20-15)11-19-10-13-6-4-5-7-18(13)9-12(19)2/h8,12-13H,3-7,9-11H2,1-2H3,(H,16,17). The van der Waals surface area contributed by atoms with E-state index in [1.807, 2.05) is 6.20 Å². The number of anilines is 1. The predicted octanol–water partition coefficient (Wildman–Crippen LogP) is 2.63. The molecule has 0 saturated carbocycles. The van der Waals surface area contributed by atoms with E-state index >= 15 is 0 Å². The summed E-state index contributed by atoms with van der Waals surface area (Å²) >= 11 is 1.81. The lowest BCUT2D eigenvalue weighted by Crippen LogP contribution is -2.58. The van der Waals surface area contributed by atoms with Crippen LogP contribution in [-0.4, -0.2) is 53.0 Å². The molecule has 1 aromatic heterocycles. The SMILES string of the molecule is CCNc1ncc(CN2CC3CCCCN3CC2C)s1. The van der Waals surface area contributed by atoms with E-state index in [2.05, 4.69) is 33.9 Å². The molecule has 0 aliphatic carbocycles. The topological polar surface area (TPSA) is 31.4 Å². The Labute approximate surface area is 126 Å². The van der Waals surface area contributed by atoms with Crippen LogP contribution >= 0.6 is 11.3 Å². The van der Waals surface area contributed by atoms with Gasteiger partial charge in [0.05, 0.1) is 0 Å². The van der Waals surface area contributed by atoms with E-state index in [4.69, 9.17) is 0 Å². The van der Waals surface area contributed by atoms with Gasteiger partial charge in [0.25, 0.3) is 0 Å². The van der Waals surface area contributed by atoms with Crippen molar-refractivity contribution in [1.82, 2.24) is 14.8 Å². The molecule has 5 heteroatoms. The van der Waals surface area contributed by atoms with E-state index in [-0.39, 0.29) is 0 Å². The van der Waals surface area contributed by atoms with Crippen LogP contribution in [0.4, 0.5) is 5.13 Å². The van der Waals surface area contributed by atoms with E-state index < -0.39 is 0 Å². The summed E-state index contributed by atoms with van der Waals surface area (Å²) < 4.78 is 0. The molecule has 1 aromatic rings. The van der Waals surface area contributed by atoms with Gasteiger partial charge in [-0.2, -0.15) is 0 Å². The smallest absolute Gasteiger partial charge is 0.182 e. The third-order valence-electron chi connectivity index (χ3n) is 4.56. The number of nitrogens with zero attached hydrogens (tertiary/aromatic N) is 3. The average Bonchev–Trinajstić information content (AvgIpc) is 2.87. The van der Waals surface area contributed by atoms with Crippen molar-refractivity contribution >= 4 is 16.5 Å². The number of hydrogen-bond acceptors (Lipinski definition) is 5. The fourth-order valence-electron chi connectivity index (χ4n) is 3.45. The Balaban J connectivity index is 1.61. The molecule has 0 aromatic carbocycles. The first-order valence-electron chi connectivity index (χ1n) is 7.93. The maximum absolute atomic E-state index is 4.45. The molecule has 0 amide bonds. The molecule has 2 saturated heterocycles. The molecule has 112 valence electrons. The van der Waals surface area contributed by atoms with Crippen LogP contribution in [0, 0.1) is 0 Å². The van der Waals surface area contributed by atoms with E-state index in [0.717, 1.165) is 24.3 Å². The molecule has 3 heterocycles. The highest BCUT2D eigenvalue weighted by molar-refractivity contribution is 7.15. The quantitative estimate of drug-likeness (QED) is 0.925. The van der Waals surface area contributed by atoms with Crippen molar-refractivity contribution in [3.8, 4) is 0 Å². The molecule has 2 aliphatic heterocycles. The summed E-state index contributed by atoms with van der Waals surface area (Å²) in [6, 6.07) is 1.45. The predicted molar refractivity (Wildman–Crippen MR) is 85.4 cm³/mol. The average molecular weight is 294 g/mol. The molecule has 0 bridgehead atoms. The molecular weight excluding hydrogens is 268 g/mol. The molecule has 2 aliphatic rings. The normalized spacial score (nSPS) is 28.3. The van der Waals surface area contributed by atoms with Gasteiger partial charge in [-0.1, -0.05) is 6.42 Å². The van der Waals surface area contributed by atoms with Gasteiger partial charge in [-0.3, -0.25) is 9.80 Å². The zero-order valence-electron chi connectivity index (χ0n) is 12.6. The van der Waals surface area contributed by atoms with E-state index in [1.165, 1.54) is 43.8 Å². The minimum Gasteiger partial charge on any atom is -0.362 e. The minimum atomic E-state index is 0.661. The summed E-state index contributed by atoms with van der Waals surface area (Å²) in [5, 5.41) is 4.36. The number of fused-ring (bicyclic) bond motifs is 1. The van der Waals surface area contributed by atoms with Gasteiger partial charge >= 0.3 is 0 Å². The highest BCUT2D eigenvalue weighted by atomic mass is 32.1. The number of piperazine rings is 1. The number of thiazole rings is 1. The summed E-state index contributed by atoms with van der Waals surface area (Å²) in [6.45, 7) is 10.3. The fraction of sp³-hybridized carbons (Fsp3) is 0.800. The lowest BCUT2D eigenvalue weighted by Gasteiger charge is -2.47. The van der Waals surface area contributed by atoms with Gasteiger partial charge in [0.15, 0.2) is 5.13 Å². The zero-order valence-corrected chi connectivity index (χ0v) is 13.5. The first-order valence-corrected chi connectivity index (χ1v) is 8.74. The highest BCUT2D eigenvalue weighted by Crippen LogP contribution is 2.27. The largest absolute Gasteiger partial charge is 0.362 e. The maximum atomic E-state index is 4.45. The number of piperidine rings is 1. The van der Waals surface area contributed by atoms with Gasteiger partial charge in [0, 0.05) is 49.3 Å². The Kier molecular flexibility index (Phi) is 4.58. The molecular formula is C15H26N4S. The number of hydrogen-bond donors (Lipinski definition) is 1. The Bertz CT molecular complexity index is 433. The van der Waals surface area contributed by atoms with Gasteiger partial charge < -0.3 is 5.32 Å². The third kappa shape index (κ3) is 3.15. The van der Waals surface area contributed by atoms with Crippen LogP contribution < -0.4 is 5.32 Å². The summed E-state index contributed by atoms with van der Waals surface area (Å²) in [4.78, 5) is 11.2. The van der Waals surface area contributed by atoms with Crippen LogP contribution in [0.5, 0.6) is 0 Å². The lowest BCUT2D eigenvalue weighted by molar-refractivity contribution is 0.0115. The number of nitrogens with one attached hydrogen (secondary N) is 1. The van der Waals surface area contributed by atoms with Gasteiger partial charge in [0.1, 0.15) is 0 Å². The third-order valence-corrected chi connectivity index (χ3v) is 5.50. The highest BCUT2D eigenvalue weighted by Gasteiger charge is 2.32. The van der Waals surface area contributed by atoms with Crippen molar-refractivity contribution in [2.24, 2.45) is 0 Å². The number of aromatic nitrogens is 1. The van der Waals surface area contributed by atoms with Crippen molar-refractivity contribution in [3.63, 3.8) is 0 Å². The van der Waals surface area contributed by atoms with Gasteiger partial charge in [-0.25, -0.2) is 4.98 Å². The van der Waals surface area contributed by atoms with Crippen LogP contribution in [0.15, 0.2) is 6.20 Å². The summed E-state index contributed by atoms with van der Waals surface area (Å²) in [6.07, 6.45) is 6.23. The second kappa shape index (κ2) is 6.41. The van der Waals surface area contributed by atoms with Gasteiger partial charge in [-0.05, 0) is 33.2 Å². The van der Waals surface area contributed by atoms with Crippen LogP contribution in [0.25, 0.3) is 0 Å². The van der Waals surface area contributed by atoms with Crippen LogP contribution in [0.3, 0.4) is 0 Å². The molecule has 20 heavy (non-hydrogen) atoms. The Morgan fingerprint density at radius 2 is 2.30 bits per heavy atom. The Hall–Kier alpha value is -0.650. The van der Waals surface area contributed by atoms with Crippen molar-refractivity contribution in [2.75, 3.05) is 31.5 Å². The molecule has 2 atom stereocenters. The van der Waals surface area contributed by atoms with E-state index in [0.29, 0.717) is 6.04 Å². The molecule has 4 nitrogen and oxygen atoms in total. The molecule has 2 fully saturated rings. The molecule has 0 radical (unpaired) electrons. The van der Waals surface area contributed by atoms with E-state index in [9.17, 15) is 0 Å². The molecule has 3 rings (SSSR count). The monoisotopic (exact) mass is 294 g/mol. The fourth-order valence-corrected chi connectivity index (χ4v) is 4.35. The van der Waals surface area contributed by atoms with E-state index in [1.54, 1.807) is 11.3 Å². The van der Waals surface area contributed by atoms with Crippen LogP contribution in [-0.2, 0) is 6.54 Å². The second-order valence-corrected chi connectivity index (χ2v) is 7.20. The maximum Gasteiger partial charge on any atom is 0.182 e. The lowest BCUT2D eigenvalue weighted by atomic mass is 9.97. The molecule has 1 N–H and O–H groups in total. The van der Waals surface area contributed by atoms with Gasteiger partial charge in [0.2, 0.25) is 0 Å². The Morgan fingerprint density at radius 1 is 1.40 bits per heavy atom. The van der Waals surface area contributed by atoms with Crippen molar-refractivity contribution in [3.05, 3.63) is 11.1 Å². The number of rotatable bonds is 4.